The number of alkyl halides is 2. The molecular weight excluding hydrogens is 206 g/mol. The molecule has 0 N–H and O–H groups in total. The van der Waals surface area contributed by atoms with Gasteiger partial charge in [-0.15, -0.1) is 0 Å². The van der Waals surface area contributed by atoms with Crippen LogP contribution in [0.25, 0.3) is 0 Å². The van der Waals surface area contributed by atoms with Gasteiger partial charge in [-0.25, -0.2) is 8.78 Å². The maximum Gasteiger partial charge on any atom is 0.251 e. The molecule has 2 heteroatoms. The average Bonchev–Trinajstić information content (AvgIpc) is 2.83. The van der Waals surface area contributed by atoms with Gasteiger partial charge in [-0.1, -0.05) is 34.6 Å². The summed E-state index contributed by atoms with van der Waals surface area (Å²) in [4.78, 5) is 0. The fourth-order valence-corrected chi connectivity index (χ4v) is 2.12. The van der Waals surface area contributed by atoms with E-state index in [1.54, 1.807) is 0 Å². The van der Waals surface area contributed by atoms with E-state index in [-0.39, 0.29) is 18.3 Å². The molecule has 0 radical (unpaired) electrons. The molecule has 2 aliphatic carbocycles. The van der Waals surface area contributed by atoms with E-state index in [1.807, 2.05) is 13.8 Å². The van der Waals surface area contributed by atoms with Gasteiger partial charge in [-0.3, -0.25) is 0 Å². The summed E-state index contributed by atoms with van der Waals surface area (Å²) in [7, 11) is 0. The topological polar surface area (TPSA) is 0 Å². The highest BCUT2D eigenvalue weighted by molar-refractivity contribution is 4.90. The fraction of sp³-hybridized carbons (Fsp3) is 1.00. The van der Waals surface area contributed by atoms with Crippen LogP contribution in [0.2, 0.25) is 0 Å². The minimum Gasteiger partial charge on any atom is -0.207 e. The van der Waals surface area contributed by atoms with E-state index in [2.05, 4.69) is 20.8 Å². The first-order chi connectivity index (χ1) is 7.19. The van der Waals surface area contributed by atoms with Crippen molar-refractivity contribution in [3.8, 4) is 0 Å². The Labute approximate surface area is 98.8 Å². The molecule has 2 aliphatic rings. The first kappa shape index (κ1) is 13.9. The van der Waals surface area contributed by atoms with Gasteiger partial charge >= 0.3 is 0 Å². The molecule has 16 heavy (non-hydrogen) atoms. The molecule has 0 heterocycles. The van der Waals surface area contributed by atoms with E-state index in [9.17, 15) is 8.78 Å². The van der Waals surface area contributed by atoms with Crippen molar-refractivity contribution in [1.82, 2.24) is 0 Å². The van der Waals surface area contributed by atoms with Crippen molar-refractivity contribution in [2.24, 2.45) is 23.2 Å². The molecule has 0 aromatic carbocycles. The van der Waals surface area contributed by atoms with Crippen molar-refractivity contribution >= 4 is 0 Å². The van der Waals surface area contributed by atoms with Crippen LogP contribution in [-0.2, 0) is 0 Å². The fourth-order valence-electron chi connectivity index (χ4n) is 2.12. The smallest absolute Gasteiger partial charge is 0.207 e. The zero-order valence-corrected chi connectivity index (χ0v) is 11.3. The number of hydrogen-bond acceptors (Lipinski definition) is 0. The van der Waals surface area contributed by atoms with Crippen LogP contribution < -0.4 is 0 Å². The molecule has 96 valence electrons. The summed E-state index contributed by atoms with van der Waals surface area (Å²) >= 11 is 0. The highest BCUT2D eigenvalue weighted by Gasteiger charge is 2.49. The molecular formula is C14H26F2. The van der Waals surface area contributed by atoms with E-state index in [4.69, 9.17) is 0 Å². The second-order valence-electron chi connectivity index (χ2n) is 6.46. The van der Waals surface area contributed by atoms with Gasteiger partial charge in [0, 0.05) is 12.3 Å². The molecule has 0 aromatic rings. The van der Waals surface area contributed by atoms with Crippen LogP contribution in [0.3, 0.4) is 0 Å². The van der Waals surface area contributed by atoms with Crippen LogP contribution in [0.1, 0.15) is 60.3 Å². The van der Waals surface area contributed by atoms with Crippen molar-refractivity contribution in [3.05, 3.63) is 0 Å². The molecule has 0 saturated heterocycles. The summed E-state index contributed by atoms with van der Waals surface area (Å²) in [5, 5.41) is 0. The molecule has 2 saturated carbocycles. The zero-order valence-electron chi connectivity index (χ0n) is 11.3. The summed E-state index contributed by atoms with van der Waals surface area (Å²) in [5.74, 6) is -1.62. The van der Waals surface area contributed by atoms with Gasteiger partial charge in [0.15, 0.2) is 0 Å². The van der Waals surface area contributed by atoms with E-state index >= 15 is 0 Å². The van der Waals surface area contributed by atoms with E-state index in [0.29, 0.717) is 6.42 Å². The van der Waals surface area contributed by atoms with Gasteiger partial charge in [0.2, 0.25) is 0 Å². The van der Waals surface area contributed by atoms with E-state index in [1.165, 1.54) is 12.8 Å². The lowest BCUT2D eigenvalue weighted by atomic mass is 9.74. The lowest BCUT2D eigenvalue weighted by Crippen LogP contribution is -2.41. The lowest BCUT2D eigenvalue weighted by Gasteiger charge is -2.38. The quantitative estimate of drug-likeness (QED) is 0.619. The number of halogens is 2. The Bertz CT molecular complexity index is 227. The third kappa shape index (κ3) is 3.18. The highest BCUT2D eigenvalue weighted by atomic mass is 19.3. The third-order valence-electron chi connectivity index (χ3n) is 4.57. The lowest BCUT2D eigenvalue weighted by molar-refractivity contribution is -0.148. The molecule has 1 atom stereocenters. The first-order valence-electron chi connectivity index (χ1n) is 6.57. The Morgan fingerprint density at radius 3 is 1.50 bits per heavy atom. The number of rotatable bonds is 2. The Hall–Kier alpha value is -0.140. The van der Waals surface area contributed by atoms with Crippen molar-refractivity contribution < 1.29 is 8.78 Å². The Balaban J connectivity index is 0.000000165. The minimum absolute atomic E-state index is 0.107. The summed E-state index contributed by atoms with van der Waals surface area (Å²) in [6, 6.07) is 0. The highest BCUT2D eigenvalue weighted by Crippen LogP contribution is 2.51. The maximum atomic E-state index is 12.5. The predicted molar refractivity (Wildman–Crippen MR) is 64.7 cm³/mol. The van der Waals surface area contributed by atoms with Crippen LogP contribution in [-0.4, -0.2) is 5.92 Å². The van der Waals surface area contributed by atoms with Crippen molar-refractivity contribution in [3.63, 3.8) is 0 Å². The van der Waals surface area contributed by atoms with Crippen LogP contribution in [0.15, 0.2) is 0 Å². The summed E-state index contributed by atoms with van der Waals surface area (Å²) in [6.45, 7) is 10.7. The second kappa shape index (κ2) is 4.62. The Morgan fingerprint density at radius 2 is 1.50 bits per heavy atom. The molecule has 0 nitrogen and oxygen atoms in total. The summed E-state index contributed by atoms with van der Waals surface area (Å²) in [5.41, 5.74) is 0.750. The van der Waals surface area contributed by atoms with Gasteiger partial charge in [0.1, 0.15) is 0 Å². The number of hydrogen-bond donors (Lipinski definition) is 0. The van der Waals surface area contributed by atoms with Gasteiger partial charge in [-0.2, -0.15) is 0 Å². The molecule has 0 aromatic heterocycles. The third-order valence-corrected chi connectivity index (χ3v) is 4.57. The largest absolute Gasteiger partial charge is 0.251 e. The second-order valence-corrected chi connectivity index (χ2v) is 6.46. The molecule has 0 bridgehead atoms. The molecule has 0 spiro atoms. The van der Waals surface area contributed by atoms with Crippen LogP contribution >= 0.6 is 0 Å². The van der Waals surface area contributed by atoms with E-state index < -0.39 is 5.92 Å². The van der Waals surface area contributed by atoms with Gasteiger partial charge in [-0.05, 0) is 36.5 Å². The standard InChI is InChI=1S/C7H12F2.C7H14/c1-5(2)6-3-4-7(6,8)9;1-6(2)7(3)4-5-7/h5-6H,3-4H2,1-2H3;6H,4-5H2,1-3H3. The monoisotopic (exact) mass is 232 g/mol. The van der Waals surface area contributed by atoms with Gasteiger partial charge < -0.3 is 0 Å². The van der Waals surface area contributed by atoms with Crippen LogP contribution in [0, 0.1) is 23.2 Å². The average molecular weight is 232 g/mol. The molecule has 0 aliphatic heterocycles. The SMILES string of the molecule is CC(C)C1(C)CC1.CC(C)C1CCC1(F)F. The summed E-state index contributed by atoms with van der Waals surface area (Å²) in [6.07, 6.45) is 3.75. The molecule has 2 rings (SSSR count). The van der Waals surface area contributed by atoms with Crippen molar-refractivity contribution in [2.45, 2.75) is 66.2 Å². The Kier molecular flexibility index (Phi) is 4.02. The molecule has 1 unspecified atom stereocenters. The van der Waals surface area contributed by atoms with Gasteiger partial charge in [0.05, 0.1) is 0 Å². The molecule has 2 fully saturated rings. The Morgan fingerprint density at radius 1 is 1.00 bits per heavy atom. The minimum atomic E-state index is -2.34. The maximum absolute atomic E-state index is 12.5. The van der Waals surface area contributed by atoms with Crippen LogP contribution in [0.5, 0.6) is 0 Å². The normalized spacial score (nSPS) is 29.4. The summed E-state index contributed by atoms with van der Waals surface area (Å²) < 4.78 is 24.9. The van der Waals surface area contributed by atoms with Crippen molar-refractivity contribution in [1.29, 1.82) is 0 Å². The van der Waals surface area contributed by atoms with Crippen LogP contribution in [0.4, 0.5) is 8.78 Å². The predicted octanol–water partition coefficient (Wildman–Crippen LogP) is 5.13. The van der Waals surface area contributed by atoms with Gasteiger partial charge in [0.25, 0.3) is 5.92 Å². The molecule has 0 amide bonds. The first-order valence-corrected chi connectivity index (χ1v) is 6.57. The van der Waals surface area contributed by atoms with E-state index in [0.717, 1.165) is 11.3 Å². The van der Waals surface area contributed by atoms with Crippen molar-refractivity contribution in [2.75, 3.05) is 0 Å². The zero-order chi connectivity index (χ0) is 12.6.